The van der Waals surface area contributed by atoms with E-state index in [1.54, 1.807) is 18.3 Å². The zero-order valence-corrected chi connectivity index (χ0v) is 12.3. The summed E-state index contributed by atoms with van der Waals surface area (Å²) in [5.74, 6) is 1.31. The first-order valence-corrected chi connectivity index (χ1v) is 6.67. The van der Waals surface area contributed by atoms with Crippen LogP contribution in [0.1, 0.15) is 5.82 Å². The summed E-state index contributed by atoms with van der Waals surface area (Å²) in [7, 11) is 3.87. The van der Waals surface area contributed by atoms with E-state index in [1.165, 1.54) is 12.1 Å². The fourth-order valence-corrected chi connectivity index (χ4v) is 1.89. The van der Waals surface area contributed by atoms with Gasteiger partial charge in [0.25, 0.3) is 0 Å². The van der Waals surface area contributed by atoms with Crippen molar-refractivity contribution in [1.82, 2.24) is 14.5 Å². The summed E-state index contributed by atoms with van der Waals surface area (Å²) >= 11 is 5.94. The Balaban J connectivity index is 1.76. The summed E-state index contributed by atoms with van der Waals surface area (Å²) in [4.78, 5) is 6.32. The molecule has 0 saturated carbocycles. The Kier molecular flexibility index (Phi) is 4.98. The third-order valence-corrected chi connectivity index (χ3v) is 3.35. The first-order chi connectivity index (χ1) is 9.56. The summed E-state index contributed by atoms with van der Waals surface area (Å²) in [5.41, 5.74) is 0. The van der Waals surface area contributed by atoms with Crippen molar-refractivity contribution < 1.29 is 9.13 Å². The Bertz CT molecular complexity index is 556. The van der Waals surface area contributed by atoms with Gasteiger partial charge in [-0.05, 0) is 31.3 Å². The molecule has 2 rings (SSSR count). The summed E-state index contributed by atoms with van der Waals surface area (Å²) in [6, 6.07) is 6.01. The summed E-state index contributed by atoms with van der Waals surface area (Å²) in [6.45, 7) is 1.96. The molecule has 1 aromatic heterocycles. The quantitative estimate of drug-likeness (QED) is 0.821. The van der Waals surface area contributed by atoms with E-state index in [4.69, 9.17) is 16.3 Å². The summed E-state index contributed by atoms with van der Waals surface area (Å²) < 4.78 is 20.1. The molecule has 4 nitrogen and oxygen atoms in total. The molecule has 0 N–H and O–H groups in total. The van der Waals surface area contributed by atoms with E-state index in [0.29, 0.717) is 24.1 Å². The minimum atomic E-state index is -0.263. The number of halogens is 2. The first-order valence-electron chi connectivity index (χ1n) is 6.29. The van der Waals surface area contributed by atoms with E-state index in [2.05, 4.69) is 9.88 Å². The number of hydrogen-bond donors (Lipinski definition) is 0. The van der Waals surface area contributed by atoms with Gasteiger partial charge in [-0.15, -0.1) is 0 Å². The van der Waals surface area contributed by atoms with Crippen LogP contribution in [-0.2, 0) is 13.6 Å². The van der Waals surface area contributed by atoms with Crippen LogP contribution in [-0.4, -0.2) is 34.7 Å². The molecule has 0 amide bonds. The number of benzene rings is 1. The van der Waals surface area contributed by atoms with Crippen LogP contribution in [0.4, 0.5) is 4.39 Å². The Morgan fingerprint density at radius 1 is 1.35 bits per heavy atom. The SMILES string of the molecule is CN(CCOc1ccc(F)cc1)Cc1ncc(Cl)n1C. The van der Waals surface area contributed by atoms with Gasteiger partial charge in [-0.2, -0.15) is 0 Å². The van der Waals surface area contributed by atoms with Crippen molar-refractivity contribution in [2.24, 2.45) is 7.05 Å². The average Bonchev–Trinajstić information content (AvgIpc) is 2.73. The van der Waals surface area contributed by atoms with Crippen molar-refractivity contribution in [3.63, 3.8) is 0 Å². The van der Waals surface area contributed by atoms with Crippen LogP contribution in [0.2, 0.25) is 5.15 Å². The van der Waals surface area contributed by atoms with Crippen molar-refractivity contribution in [2.75, 3.05) is 20.2 Å². The van der Waals surface area contributed by atoms with Crippen molar-refractivity contribution >= 4 is 11.6 Å². The lowest BCUT2D eigenvalue weighted by atomic mass is 10.3. The number of nitrogens with zero attached hydrogens (tertiary/aromatic N) is 3. The third kappa shape index (κ3) is 3.95. The highest BCUT2D eigenvalue weighted by molar-refractivity contribution is 6.29. The van der Waals surface area contributed by atoms with Crippen LogP contribution in [0.15, 0.2) is 30.5 Å². The molecule has 0 aliphatic rings. The second-order valence-corrected chi connectivity index (χ2v) is 4.98. The largest absolute Gasteiger partial charge is 0.492 e. The van der Waals surface area contributed by atoms with Crippen LogP contribution in [0.5, 0.6) is 5.75 Å². The predicted molar refractivity (Wildman–Crippen MR) is 76.4 cm³/mol. The second-order valence-electron chi connectivity index (χ2n) is 4.60. The minimum absolute atomic E-state index is 0.263. The number of ether oxygens (including phenoxy) is 1. The molecule has 0 aliphatic heterocycles. The number of rotatable bonds is 6. The maximum Gasteiger partial charge on any atom is 0.128 e. The molecular formula is C14H17ClFN3O. The molecule has 0 unspecified atom stereocenters. The number of likely N-dealkylation sites (N-methyl/N-ethyl adjacent to an activating group) is 1. The molecule has 0 bridgehead atoms. The molecule has 0 saturated heterocycles. The van der Waals surface area contributed by atoms with Crippen LogP contribution in [0, 0.1) is 5.82 Å². The zero-order chi connectivity index (χ0) is 14.5. The zero-order valence-electron chi connectivity index (χ0n) is 11.5. The molecule has 0 radical (unpaired) electrons. The lowest BCUT2D eigenvalue weighted by Gasteiger charge is -2.16. The Labute approximate surface area is 122 Å². The van der Waals surface area contributed by atoms with Gasteiger partial charge in [-0.3, -0.25) is 4.90 Å². The minimum Gasteiger partial charge on any atom is -0.492 e. The molecule has 0 spiro atoms. The fourth-order valence-electron chi connectivity index (χ4n) is 1.74. The Hall–Kier alpha value is -1.59. The lowest BCUT2D eigenvalue weighted by molar-refractivity contribution is 0.228. The number of aromatic nitrogens is 2. The van der Waals surface area contributed by atoms with Gasteiger partial charge in [0.05, 0.1) is 12.7 Å². The normalized spacial score (nSPS) is 11.1. The van der Waals surface area contributed by atoms with Gasteiger partial charge in [0.15, 0.2) is 0 Å². The van der Waals surface area contributed by atoms with E-state index in [-0.39, 0.29) is 5.82 Å². The van der Waals surface area contributed by atoms with E-state index in [0.717, 1.165) is 12.4 Å². The molecule has 1 heterocycles. The molecule has 108 valence electrons. The molecule has 0 atom stereocenters. The maximum atomic E-state index is 12.7. The Morgan fingerprint density at radius 2 is 2.05 bits per heavy atom. The number of imidazole rings is 1. The van der Waals surface area contributed by atoms with E-state index in [1.807, 2.05) is 18.7 Å². The molecule has 0 aliphatic carbocycles. The average molecular weight is 298 g/mol. The standard InChI is InChI=1S/C14H17ClFN3O/c1-18(10-14-17-9-13(15)19(14)2)7-8-20-12-5-3-11(16)4-6-12/h3-6,9H,7-8,10H2,1-2H3. The molecule has 20 heavy (non-hydrogen) atoms. The third-order valence-electron chi connectivity index (χ3n) is 2.99. The van der Waals surface area contributed by atoms with Crippen LogP contribution < -0.4 is 4.74 Å². The molecule has 0 fully saturated rings. The van der Waals surface area contributed by atoms with Crippen molar-refractivity contribution in [3.05, 3.63) is 47.3 Å². The van der Waals surface area contributed by atoms with Crippen molar-refractivity contribution in [3.8, 4) is 5.75 Å². The Morgan fingerprint density at radius 3 is 2.65 bits per heavy atom. The monoisotopic (exact) mass is 297 g/mol. The van der Waals surface area contributed by atoms with E-state index in [9.17, 15) is 4.39 Å². The highest BCUT2D eigenvalue weighted by atomic mass is 35.5. The highest BCUT2D eigenvalue weighted by Crippen LogP contribution is 2.12. The lowest BCUT2D eigenvalue weighted by Crippen LogP contribution is -2.25. The van der Waals surface area contributed by atoms with Gasteiger partial charge < -0.3 is 9.30 Å². The van der Waals surface area contributed by atoms with Crippen molar-refractivity contribution in [2.45, 2.75) is 6.54 Å². The molecule has 1 aromatic carbocycles. The smallest absolute Gasteiger partial charge is 0.128 e. The van der Waals surface area contributed by atoms with Gasteiger partial charge in [-0.1, -0.05) is 11.6 Å². The van der Waals surface area contributed by atoms with Crippen molar-refractivity contribution in [1.29, 1.82) is 0 Å². The topological polar surface area (TPSA) is 30.3 Å². The van der Waals surface area contributed by atoms with Gasteiger partial charge in [0.1, 0.15) is 29.2 Å². The van der Waals surface area contributed by atoms with Gasteiger partial charge in [0, 0.05) is 13.6 Å². The summed E-state index contributed by atoms with van der Waals surface area (Å²) in [5, 5.41) is 0.621. The molecular weight excluding hydrogens is 281 g/mol. The molecule has 6 heteroatoms. The predicted octanol–water partition coefficient (Wildman–Crippen LogP) is 2.72. The van der Waals surface area contributed by atoms with Crippen LogP contribution >= 0.6 is 11.6 Å². The highest BCUT2D eigenvalue weighted by Gasteiger charge is 2.07. The first kappa shape index (κ1) is 14.8. The fraction of sp³-hybridized carbons (Fsp3) is 0.357. The van der Waals surface area contributed by atoms with E-state index >= 15 is 0 Å². The number of hydrogen-bond acceptors (Lipinski definition) is 3. The van der Waals surface area contributed by atoms with Crippen LogP contribution in [0.3, 0.4) is 0 Å². The van der Waals surface area contributed by atoms with Gasteiger partial charge in [-0.25, -0.2) is 9.37 Å². The second kappa shape index (κ2) is 6.72. The van der Waals surface area contributed by atoms with Crippen LogP contribution in [0.25, 0.3) is 0 Å². The van der Waals surface area contributed by atoms with E-state index < -0.39 is 0 Å². The van der Waals surface area contributed by atoms with Gasteiger partial charge >= 0.3 is 0 Å². The summed E-state index contributed by atoms with van der Waals surface area (Å²) in [6.07, 6.45) is 1.64. The van der Waals surface area contributed by atoms with Gasteiger partial charge in [0.2, 0.25) is 0 Å². The maximum absolute atomic E-state index is 12.7. The molecule has 2 aromatic rings.